The van der Waals surface area contributed by atoms with Crippen LogP contribution in [0, 0.1) is 0 Å². The number of hydrogen-bond donors (Lipinski definition) is 0. The number of rotatable bonds is 5. The van der Waals surface area contributed by atoms with Gasteiger partial charge >= 0.3 is 0 Å². The maximum Gasteiger partial charge on any atom is 0.243 e. The van der Waals surface area contributed by atoms with Crippen LogP contribution in [0.25, 0.3) is 0 Å². The average molecular weight is 348 g/mol. The lowest BCUT2D eigenvalue weighted by Gasteiger charge is -2.36. The monoisotopic (exact) mass is 347 g/mol. The fourth-order valence-corrected chi connectivity index (χ4v) is 5.61. The number of alkyl halides is 1. The minimum Gasteiger partial charge on any atom is -0.207 e. The quantitative estimate of drug-likeness (QED) is 0.766. The number of halogens is 1. The van der Waals surface area contributed by atoms with Gasteiger partial charge in [-0.05, 0) is 37.5 Å². The number of hydrogen-bond acceptors (Lipinski definition) is 3. The van der Waals surface area contributed by atoms with Crippen LogP contribution < -0.4 is 0 Å². The molecule has 0 N–H and O–H groups in total. The van der Waals surface area contributed by atoms with Crippen molar-refractivity contribution in [3.8, 4) is 0 Å². The van der Waals surface area contributed by atoms with Crippen molar-refractivity contribution >= 4 is 33.4 Å². The fraction of sp³-hybridized carbons (Fsp3) is 0.600. The van der Waals surface area contributed by atoms with Crippen LogP contribution in [0.15, 0.2) is 29.2 Å². The van der Waals surface area contributed by atoms with Crippen LogP contribution in [0.1, 0.15) is 25.8 Å². The van der Waals surface area contributed by atoms with E-state index in [-0.39, 0.29) is 6.04 Å². The summed E-state index contributed by atoms with van der Waals surface area (Å²) in [5.41, 5.74) is 1.13. The Morgan fingerprint density at radius 3 is 2.57 bits per heavy atom. The van der Waals surface area contributed by atoms with Gasteiger partial charge in [-0.2, -0.15) is 16.1 Å². The summed E-state index contributed by atoms with van der Waals surface area (Å²) in [6, 6.07) is 7.26. The highest BCUT2D eigenvalue weighted by atomic mass is 35.5. The second kappa shape index (κ2) is 7.36. The Morgan fingerprint density at radius 2 is 1.95 bits per heavy atom. The molecule has 2 rings (SSSR count). The normalized spacial score (nSPS) is 24.1. The summed E-state index contributed by atoms with van der Waals surface area (Å²) in [6.45, 7) is 4.67. The van der Waals surface area contributed by atoms with Crippen molar-refractivity contribution in [3.63, 3.8) is 0 Å². The molecular formula is C15H22ClNO2S2. The van der Waals surface area contributed by atoms with E-state index in [1.807, 2.05) is 30.8 Å². The maximum absolute atomic E-state index is 12.8. The molecule has 0 spiro atoms. The van der Waals surface area contributed by atoms with Crippen LogP contribution >= 0.6 is 23.4 Å². The van der Waals surface area contributed by atoms with Gasteiger partial charge in [-0.3, -0.25) is 0 Å². The molecule has 1 aromatic carbocycles. The van der Waals surface area contributed by atoms with Gasteiger partial charge in [0.2, 0.25) is 10.0 Å². The van der Waals surface area contributed by atoms with Gasteiger partial charge in [-0.1, -0.05) is 19.1 Å². The van der Waals surface area contributed by atoms with Crippen LogP contribution in [-0.2, 0) is 16.4 Å². The van der Waals surface area contributed by atoms with Crippen molar-refractivity contribution in [3.05, 3.63) is 29.8 Å². The summed E-state index contributed by atoms with van der Waals surface area (Å²) < 4.78 is 27.2. The first-order valence-corrected chi connectivity index (χ1v) is 10.3. The van der Waals surface area contributed by atoms with Gasteiger partial charge in [0.05, 0.1) is 4.90 Å². The zero-order valence-corrected chi connectivity index (χ0v) is 14.8. The van der Waals surface area contributed by atoms with Crippen LogP contribution in [0.2, 0.25) is 0 Å². The summed E-state index contributed by atoms with van der Waals surface area (Å²) >= 11 is 7.52. The molecule has 0 aromatic heterocycles. The standard InChI is InChI=1S/C15H22ClNO2S2/c1-12-13(2)20-11-10-17(12)21(18,19)15-7-5-14(6-8-15)4-3-9-16/h5-8,12-13H,3-4,9-11H2,1-2H3. The SMILES string of the molecule is CC1SCCN(S(=O)(=O)c2ccc(CCCCl)cc2)C1C. The fourth-order valence-electron chi connectivity index (χ4n) is 2.48. The molecular weight excluding hydrogens is 326 g/mol. The minimum atomic E-state index is -3.39. The molecule has 1 aliphatic rings. The Balaban J connectivity index is 2.19. The summed E-state index contributed by atoms with van der Waals surface area (Å²) in [6.07, 6.45) is 1.79. The van der Waals surface area contributed by atoms with E-state index in [1.165, 1.54) is 0 Å². The van der Waals surface area contributed by atoms with Crippen molar-refractivity contribution in [1.29, 1.82) is 0 Å². The van der Waals surface area contributed by atoms with Crippen molar-refractivity contribution < 1.29 is 8.42 Å². The molecule has 0 amide bonds. The molecule has 1 aliphatic heterocycles. The van der Waals surface area contributed by atoms with Crippen molar-refractivity contribution in [2.45, 2.75) is 42.9 Å². The van der Waals surface area contributed by atoms with Crippen LogP contribution in [0.3, 0.4) is 0 Å². The number of thioether (sulfide) groups is 1. The Morgan fingerprint density at radius 1 is 1.29 bits per heavy atom. The lowest BCUT2D eigenvalue weighted by atomic mass is 10.1. The lowest BCUT2D eigenvalue weighted by molar-refractivity contribution is 0.340. The van der Waals surface area contributed by atoms with E-state index in [9.17, 15) is 8.42 Å². The molecule has 2 atom stereocenters. The predicted molar refractivity (Wildman–Crippen MR) is 90.8 cm³/mol. The first kappa shape index (κ1) is 17.1. The van der Waals surface area contributed by atoms with Crippen molar-refractivity contribution in [1.82, 2.24) is 4.31 Å². The van der Waals surface area contributed by atoms with Crippen molar-refractivity contribution in [2.24, 2.45) is 0 Å². The van der Waals surface area contributed by atoms with Crippen LogP contribution in [0.4, 0.5) is 0 Å². The van der Waals surface area contributed by atoms with Gasteiger partial charge in [0.1, 0.15) is 0 Å². The first-order valence-electron chi connectivity index (χ1n) is 7.25. The maximum atomic E-state index is 12.8. The van der Waals surface area contributed by atoms with E-state index in [1.54, 1.807) is 16.4 Å². The highest BCUT2D eigenvalue weighted by Crippen LogP contribution is 2.29. The molecule has 1 heterocycles. The molecule has 0 aliphatic carbocycles. The summed E-state index contributed by atoms with van der Waals surface area (Å²) in [5.74, 6) is 1.49. The molecule has 1 fully saturated rings. The van der Waals surface area contributed by atoms with Gasteiger partial charge in [0, 0.05) is 29.5 Å². The highest BCUT2D eigenvalue weighted by molar-refractivity contribution is 8.00. The minimum absolute atomic E-state index is 0.0321. The summed E-state index contributed by atoms with van der Waals surface area (Å²) in [7, 11) is -3.39. The highest BCUT2D eigenvalue weighted by Gasteiger charge is 2.34. The Kier molecular flexibility index (Phi) is 6.00. The van der Waals surface area contributed by atoms with Gasteiger partial charge in [-0.15, -0.1) is 11.6 Å². The number of aryl methyl sites for hydroxylation is 1. The second-order valence-corrected chi connectivity index (χ2v) is 9.12. The third kappa shape index (κ3) is 3.95. The molecule has 118 valence electrons. The third-order valence-electron chi connectivity index (χ3n) is 3.96. The second-order valence-electron chi connectivity index (χ2n) is 5.37. The van der Waals surface area contributed by atoms with Crippen LogP contribution in [0.5, 0.6) is 0 Å². The van der Waals surface area contributed by atoms with Crippen molar-refractivity contribution in [2.75, 3.05) is 18.2 Å². The molecule has 1 saturated heterocycles. The molecule has 2 unspecified atom stereocenters. The Labute approximate surface area is 137 Å². The number of benzene rings is 1. The first-order chi connectivity index (χ1) is 9.96. The van der Waals surface area contributed by atoms with E-state index in [2.05, 4.69) is 6.92 Å². The lowest BCUT2D eigenvalue weighted by Crippen LogP contribution is -2.47. The van der Waals surface area contributed by atoms with E-state index in [0.717, 1.165) is 24.2 Å². The Hall–Kier alpha value is -0.230. The molecule has 3 nitrogen and oxygen atoms in total. The number of nitrogens with zero attached hydrogens (tertiary/aromatic N) is 1. The molecule has 0 bridgehead atoms. The average Bonchev–Trinajstić information content (AvgIpc) is 2.48. The predicted octanol–water partition coefficient (Wildman–Crippen LogP) is 3.37. The zero-order chi connectivity index (χ0) is 15.5. The van der Waals surface area contributed by atoms with E-state index >= 15 is 0 Å². The van der Waals surface area contributed by atoms with E-state index < -0.39 is 10.0 Å². The molecule has 0 radical (unpaired) electrons. The van der Waals surface area contributed by atoms with E-state index in [4.69, 9.17) is 11.6 Å². The van der Waals surface area contributed by atoms with Gasteiger partial charge in [0.25, 0.3) is 0 Å². The van der Waals surface area contributed by atoms with Gasteiger partial charge in [-0.25, -0.2) is 8.42 Å². The zero-order valence-electron chi connectivity index (χ0n) is 12.5. The summed E-state index contributed by atoms with van der Waals surface area (Å²) in [4.78, 5) is 0.392. The van der Waals surface area contributed by atoms with E-state index in [0.29, 0.717) is 22.6 Å². The smallest absolute Gasteiger partial charge is 0.207 e. The molecule has 21 heavy (non-hydrogen) atoms. The van der Waals surface area contributed by atoms with Gasteiger partial charge < -0.3 is 0 Å². The number of sulfonamides is 1. The third-order valence-corrected chi connectivity index (χ3v) is 7.56. The van der Waals surface area contributed by atoms with Gasteiger partial charge in [0.15, 0.2) is 0 Å². The molecule has 1 aromatic rings. The summed E-state index contributed by atoms with van der Waals surface area (Å²) in [5, 5.41) is 0.330. The van der Waals surface area contributed by atoms with Crippen LogP contribution in [-0.4, -0.2) is 42.2 Å². The largest absolute Gasteiger partial charge is 0.243 e. The molecule has 0 saturated carbocycles. The topological polar surface area (TPSA) is 37.4 Å². The molecule has 6 heteroatoms. The Bertz CT molecular complexity index is 560.